The highest BCUT2D eigenvalue weighted by Gasteiger charge is 2.32. The van der Waals surface area contributed by atoms with E-state index in [1.54, 1.807) is 24.3 Å². The third kappa shape index (κ3) is 5.61. The van der Waals surface area contributed by atoms with Gasteiger partial charge in [0.05, 0.1) is 0 Å². The summed E-state index contributed by atoms with van der Waals surface area (Å²) in [5.74, 6) is -0.881. The second-order valence-electron chi connectivity index (χ2n) is 5.32. The number of rotatable bonds is 7. The van der Waals surface area contributed by atoms with E-state index in [0.29, 0.717) is 44.2 Å². The molecule has 3 amide bonds. The molecule has 9 heteroatoms. The largest absolute Gasteiger partial charge is 0.492 e. The highest BCUT2D eigenvalue weighted by Crippen LogP contribution is 2.15. The number of amides is 3. The Morgan fingerprint density at radius 3 is 2.36 bits per heavy atom. The molecule has 8 nitrogen and oxygen atoms in total. The van der Waals surface area contributed by atoms with Crippen molar-refractivity contribution in [1.29, 1.82) is 0 Å². The number of benzene rings is 1. The van der Waals surface area contributed by atoms with Crippen molar-refractivity contribution in [2.24, 2.45) is 5.73 Å². The summed E-state index contributed by atoms with van der Waals surface area (Å²) in [6, 6.07) is 6.84. The van der Waals surface area contributed by atoms with Crippen LogP contribution in [0.5, 0.6) is 5.75 Å². The summed E-state index contributed by atoms with van der Waals surface area (Å²) in [5.41, 5.74) is 5.95. The van der Waals surface area contributed by atoms with Crippen molar-refractivity contribution in [1.82, 2.24) is 9.80 Å². The summed E-state index contributed by atoms with van der Waals surface area (Å²) in [5, 5.41) is 2.70. The zero-order valence-corrected chi connectivity index (χ0v) is 14.9. The number of likely N-dealkylation sites (N-methyl/N-ethyl adjacent to an activating group) is 1. The molecule has 1 fully saturated rings. The number of hydrogen-bond acceptors (Lipinski definition) is 5. The number of anilines is 1. The van der Waals surface area contributed by atoms with Crippen LogP contribution in [0.4, 0.5) is 5.69 Å². The fraction of sp³-hybridized carbons (Fsp3) is 0.438. The first-order chi connectivity index (χ1) is 11.5. The molecular formula is C16H23ClN4O4. The predicted octanol–water partition coefficient (Wildman–Crippen LogP) is 0.0751. The monoisotopic (exact) mass is 370 g/mol. The van der Waals surface area contributed by atoms with Gasteiger partial charge in [0.25, 0.3) is 0 Å². The number of ether oxygens (including phenoxy) is 1. The third-order valence-electron chi connectivity index (χ3n) is 3.64. The van der Waals surface area contributed by atoms with Gasteiger partial charge in [-0.05, 0) is 31.2 Å². The number of piperazine rings is 1. The molecular weight excluding hydrogens is 348 g/mol. The molecule has 2 rings (SSSR count). The van der Waals surface area contributed by atoms with E-state index in [-0.39, 0.29) is 24.9 Å². The van der Waals surface area contributed by atoms with E-state index in [4.69, 9.17) is 10.5 Å². The molecule has 0 aromatic heterocycles. The standard InChI is InChI=1S/C16H22N4O4.ClH/c1-2-19-8-9-20(16(23)15(19)22)11-14(21)18-12-3-5-13(6-4-12)24-10-7-17;/h3-6H,2,7-11,17H2,1H3,(H,18,21);1H. The molecule has 0 bridgehead atoms. The lowest BCUT2D eigenvalue weighted by Gasteiger charge is -2.32. The van der Waals surface area contributed by atoms with Gasteiger partial charge in [-0.2, -0.15) is 0 Å². The Morgan fingerprint density at radius 1 is 1.16 bits per heavy atom. The van der Waals surface area contributed by atoms with Gasteiger partial charge in [0.2, 0.25) is 5.91 Å². The van der Waals surface area contributed by atoms with Crippen molar-refractivity contribution in [3.05, 3.63) is 24.3 Å². The molecule has 1 aromatic rings. The second kappa shape index (κ2) is 9.85. The minimum absolute atomic E-state index is 0. The van der Waals surface area contributed by atoms with E-state index in [2.05, 4.69) is 5.32 Å². The SMILES string of the molecule is CCN1CCN(CC(=O)Nc2ccc(OCCN)cc2)C(=O)C1=O.Cl. The minimum Gasteiger partial charge on any atom is -0.492 e. The average molecular weight is 371 g/mol. The Bertz CT molecular complexity index is 609. The molecule has 0 unspecified atom stereocenters. The topological polar surface area (TPSA) is 105 Å². The quantitative estimate of drug-likeness (QED) is 0.661. The van der Waals surface area contributed by atoms with Crippen LogP contribution >= 0.6 is 12.4 Å². The number of carbonyl (C=O) groups excluding carboxylic acids is 3. The van der Waals surface area contributed by atoms with E-state index in [0.717, 1.165) is 0 Å². The van der Waals surface area contributed by atoms with Crippen molar-refractivity contribution in [3.8, 4) is 5.75 Å². The Labute approximate surface area is 152 Å². The highest BCUT2D eigenvalue weighted by atomic mass is 35.5. The number of carbonyl (C=O) groups is 3. The number of halogens is 1. The zero-order valence-electron chi connectivity index (χ0n) is 14.1. The van der Waals surface area contributed by atoms with Crippen LogP contribution in [-0.4, -0.2) is 66.9 Å². The summed E-state index contributed by atoms with van der Waals surface area (Å²) in [6.45, 7) is 3.81. The van der Waals surface area contributed by atoms with E-state index >= 15 is 0 Å². The van der Waals surface area contributed by atoms with Gasteiger partial charge in [0.15, 0.2) is 0 Å². The Morgan fingerprint density at radius 2 is 1.76 bits per heavy atom. The molecule has 1 aliphatic heterocycles. The van der Waals surface area contributed by atoms with E-state index in [1.807, 2.05) is 6.92 Å². The first-order valence-corrected chi connectivity index (χ1v) is 7.86. The van der Waals surface area contributed by atoms with Gasteiger partial charge >= 0.3 is 11.8 Å². The Balaban J connectivity index is 0.00000312. The van der Waals surface area contributed by atoms with Crippen molar-refractivity contribution >= 4 is 35.8 Å². The number of nitrogens with two attached hydrogens (primary N) is 1. The van der Waals surface area contributed by atoms with Gasteiger partial charge in [-0.15, -0.1) is 12.4 Å². The summed E-state index contributed by atoms with van der Waals surface area (Å²) < 4.78 is 5.35. The normalized spacial score (nSPS) is 14.2. The van der Waals surface area contributed by atoms with Gasteiger partial charge in [0.1, 0.15) is 18.9 Å². The minimum atomic E-state index is -0.635. The first kappa shape index (κ1) is 20.7. The van der Waals surface area contributed by atoms with Crippen LogP contribution in [0.3, 0.4) is 0 Å². The van der Waals surface area contributed by atoms with Crippen LogP contribution in [0, 0.1) is 0 Å². The maximum absolute atomic E-state index is 12.1. The molecule has 0 spiro atoms. The lowest BCUT2D eigenvalue weighted by Crippen LogP contribution is -2.55. The number of nitrogens with zero attached hydrogens (tertiary/aromatic N) is 2. The van der Waals surface area contributed by atoms with Crippen LogP contribution in [0.1, 0.15) is 6.92 Å². The Kier molecular flexibility index (Phi) is 8.17. The van der Waals surface area contributed by atoms with E-state index in [9.17, 15) is 14.4 Å². The molecule has 0 aliphatic carbocycles. The summed E-state index contributed by atoms with van der Waals surface area (Å²) in [6.07, 6.45) is 0. The van der Waals surface area contributed by atoms with Gasteiger partial charge in [0, 0.05) is 31.9 Å². The van der Waals surface area contributed by atoms with Crippen molar-refractivity contribution in [2.45, 2.75) is 6.92 Å². The molecule has 0 saturated carbocycles. The molecule has 25 heavy (non-hydrogen) atoms. The molecule has 1 heterocycles. The average Bonchev–Trinajstić information content (AvgIpc) is 2.58. The molecule has 1 aliphatic rings. The Hall–Kier alpha value is -2.32. The third-order valence-corrected chi connectivity index (χ3v) is 3.64. The zero-order chi connectivity index (χ0) is 17.5. The van der Waals surface area contributed by atoms with Crippen molar-refractivity contribution in [2.75, 3.05) is 44.6 Å². The van der Waals surface area contributed by atoms with E-state index in [1.165, 1.54) is 9.80 Å². The fourth-order valence-electron chi connectivity index (χ4n) is 2.35. The second-order valence-corrected chi connectivity index (χ2v) is 5.32. The van der Waals surface area contributed by atoms with Gasteiger partial charge in [-0.25, -0.2) is 0 Å². The molecule has 0 radical (unpaired) electrons. The van der Waals surface area contributed by atoms with Crippen LogP contribution in [-0.2, 0) is 14.4 Å². The predicted molar refractivity (Wildman–Crippen MR) is 95.7 cm³/mol. The fourth-order valence-corrected chi connectivity index (χ4v) is 2.35. The van der Waals surface area contributed by atoms with Crippen LogP contribution in [0.2, 0.25) is 0 Å². The van der Waals surface area contributed by atoms with Gasteiger partial charge in [-0.3, -0.25) is 14.4 Å². The summed E-state index contributed by atoms with van der Waals surface area (Å²) in [7, 11) is 0. The summed E-state index contributed by atoms with van der Waals surface area (Å²) in [4.78, 5) is 38.6. The van der Waals surface area contributed by atoms with Crippen molar-refractivity contribution < 1.29 is 19.1 Å². The van der Waals surface area contributed by atoms with Crippen LogP contribution in [0.15, 0.2) is 24.3 Å². The smallest absolute Gasteiger partial charge is 0.312 e. The lowest BCUT2D eigenvalue weighted by atomic mass is 10.2. The molecule has 138 valence electrons. The number of hydrogen-bond donors (Lipinski definition) is 2. The lowest BCUT2D eigenvalue weighted by molar-refractivity contribution is -0.156. The molecule has 3 N–H and O–H groups in total. The first-order valence-electron chi connectivity index (χ1n) is 7.86. The maximum Gasteiger partial charge on any atom is 0.312 e. The van der Waals surface area contributed by atoms with Gasteiger partial charge in [-0.1, -0.05) is 0 Å². The summed E-state index contributed by atoms with van der Waals surface area (Å²) >= 11 is 0. The van der Waals surface area contributed by atoms with Crippen LogP contribution < -0.4 is 15.8 Å². The molecule has 1 saturated heterocycles. The molecule has 1 aromatic carbocycles. The molecule has 0 atom stereocenters. The van der Waals surface area contributed by atoms with Crippen molar-refractivity contribution in [3.63, 3.8) is 0 Å². The highest BCUT2D eigenvalue weighted by molar-refractivity contribution is 6.35. The van der Waals surface area contributed by atoms with Crippen LogP contribution in [0.25, 0.3) is 0 Å². The van der Waals surface area contributed by atoms with E-state index < -0.39 is 11.8 Å². The number of nitrogens with one attached hydrogen (secondary N) is 1. The van der Waals surface area contributed by atoms with Gasteiger partial charge < -0.3 is 25.6 Å². The maximum atomic E-state index is 12.1.